The van der Waals surface area contributed by atoms with Crippen molar-refractivity contribution in [3.05, 3.63) is 59.9 Å². The minimum Gasteiger partial charge on any atom is -0.496 e. The third-order valence-electron chi connectivity index (χ3n) is 5.34. The quantitative estimate of drug-likeness (QED) is 0.726. The first-order valence-electron chi connectivity index (χ1n) is 9.66. The van der Waals surface area contributed by atoms with Crippen LogP contribution in [0, 0.1) is 5.92 Å². The number of hydrogen-bond donors (Lipinski definition) is 0. The molecule has 4 nitrogen and oxygen atoms in total. The molecule has 1 aromatic heterocycles. The zero-order valence-corrected chi connectivity index (χ0v) is 16.1. The number of hydrogen-bond acceptors (Lipinski definition) is 4. The van der Waals surface area contributed by atoms with Gasteiger partial charge in [0.25, 0.3) is 0 Å². The summed E-state index contributed by atoms with van der Waals surface area (Å²) in [4.78, 5) is 9.25. The number of benzene rings is 1. The van der Waals surface area contributed by atoms with Crippen LogP contribution in [0.5, 0.6) is 5.75 Å². The van der Waals surface area contributed by atoms with Gasteiger partial charge in [0.15, 0.2) is 0 Å². The predicted molar refractivity (Wildman–Crippen MR) is 106 cm³/mol. The molecule has 1 aromatic carbocycles. The van der Waals surface area contributed by atoms with Crippen molar-refractivity contribution in [1.29, 1.82) is 0 Å². The van der Waals surface area contributed by atoms with E-state index in [0.717, 1.165) is 31.2 Å². The largest absolute Gasteiger partial charge is 0.496 e. The fourth-order valence-corrected chi connectivity index (χ4v) is 3.89. The molecule has 0 saturated carbocycles. The molecular weight excluding hydrogens is 322 g/mol. The van der Waals surface area contributed by atoms with Crippen molar-refractivity contribution in [1.82, 2.24) is 14.8 Å². The molecule has 0 N–H and O–H groups in total. The summed E-state index contributed by atoms with van der Waals surface area (Å²) in [6, 6.07) is 12.5. The molecular formula is C22H31N3O. The molecule has 4 heteroatoms. The highest BCUT2D eigenvalue weighted by molar-refractivity contribution is 5.33. The Balaban J connectivity index is 1.38. The van der Waals surface area contributed by atoms with E-state index in [1.54, 1.807) is 7.11 Å². The summed E-state index contributed by atoms with van der Waals surface area (Å²) in [5.41, 5.74) is 2.61. The fraction of sp³-hybridized carbons (Fsp3) is 0.500. The van der Waals surface area contributed by atoms with Crippen molar-refractivity contribution in [2.75, 3.05) is 40.3 Å². The number of piperidine rings is 1. The van der Waals surface area contributed by atoms with Gasteiger partial charge < -0.3 is 14.5 Å². The molecule has 1 aliphatic rings. The number of rotatable bonds is 8. The Morgan fingerprint density at radius 1 is 1.15 bits per heavy atom. The number of methoxy groups -OCH3 is 1. The van der Waals surface area contributed by atoms with Crippen LogP contribution in [0.1, 0.15) is 24.0 Å². The van der Waals surface area contributed by atoms with Crippen LogP contribution in [0.3, 0.4) is 0 Å². The molecule has 1 aliphatic heterocycles. The molecule has 0 amide bonds. The Morgan fingerprint density at radius 2 is 1.96 bits per heavy atom. The smallest absolute Gasteiger partial charge is 0.122 e. The first-order valence-corrected chi connectivity index (χ1v) is 9.66. The van der Waals surface area contributed by atoms with Crippen molar-refractivity contribution in [3.63, 3.8) is 0 Å². The van der Waals surface area contributed by atoms with E-state index in [4.69, 9.17) is 4.74 Å². The van der Waals surface area contributed by atoms with Gasteiger partial charge in [0.2, 0.25) is 0 Å². The lowest BCUT2D eigenvalue weighted by Crippen LogP contribution is -2.38. The monoisotopic (exact) mass is 353 g/mol. The third kappa shape index (κ3) is 5.55. The number of aromatic nitrogens is 1. The average Bonchev–Trinajstić information content (AvgIpc) is 2.68. The highest BCUT2D eigenvalue weighted by atomic mass is 16.5. The van der Waals surface area contributed by atoms with Gasteiger partial charge in [-0.1, -0.05) is 24.3 Å². The van der Waals surface area contributed by atoms with Crippen molar-refractivity contribution in [2.45, 2.75) is 25.8 Å². The van der Waals surface area contributed by atoms with Crippen molar-refractivity contribution >= 4 is 0 Å². The maximum atomic E-state index is 5.47. The van der Waals surface area contributed by atoms with Gasteiger partial charge in [-0.2, -0.15) is 0 Å². The second-order valence-electron chi connectivity index (χ2n) is 7.40. The zero-order valence-electron chi connectivity index (χ0n) is 16.1. The summed E-state index contributed by atoms with van der Waals surface area (Å²) in [6.07, 6.45) is 7.46. The van der Waals surface area contributed by atoms with E-state index in [1.165, 1.54) is 43.6 Å². The van der Waals surface area contributed by atoms with E-state index < -0.39 is 0 Å². The van der Waals surface area contributed by atoms with Crippen molar-refractivity contribution in [3.8, 4) is 5.75 Å². The molecule has 0 unspecified atom stereocenters. The molecule has 3 rings (SSSR count). The van der Waals surface area contributed by atoms with Crippen LogP contribution in [0.15, 0.2) is 48.8 Å². The number of nitrogens with zero attached hydrogens (tertiary/aromatic N) is 3. The average molecular weight is 354 g/mol. The van der Waals surface area contributed by atoms with Crippen molar-refractivity contribution < 1.29 is 4.74 Å². The van der Waals surface area contributed by atoms with Gasteiger partial charge in [-0.25, -0.2) is 0 Å². The van der Waals surface area contributed by atoms with E-state index in [0.29, 0.717) is 0 Å². The molecule has 140 valence electrons. The zero-order chi connectivity index (χ0) is 18.2. The minimum absolute atomic E-state index is 0.805. The lowest BCUT2D eigenvalue weighted by atomic mass is 9.96. The van der Waals surface area contributed by atoms with Gasteiger partial charge >= 0.3 is 0 Å². The van der Waals surface area contributed by atoms with E-state index in [9.17, 15) is 0 Å². The Morgan fingerprint density at radius 3 is 2.69 bits per heavy atom. The topological polar surface area (TPSA) is 28.6 Å². The highest BCUT2D eigenvalue weighted by Gasteiger charge is 2.20. The van der Waals surface area contributed by atoms with Gasteiger partial charge in [-0.15, -0.1) is 0 Å². The molecule has 0 spiro atoms. The highest BCUT2D eigenvalue weighted by Crippen LogP contribution is 2.21. The molecule has 0 radical (unpaired) electrons. The van der Waals surface area contributed by atoms with E-state index >= 15 is 0 Å². The first kappa shape index (κ1) is 18.9. The molecule has 0 atom stereocenters. The van der Waals surface area contributed by atoms with Crippen LogP contribution in [0.25, 0.3) is 0 Å². The maximum absolute atomic E-state index is 5.47. The molecule has 0 bridgehead atoms. The van der Waals surface area contributed by atoms with E-state index in [2.05, 4.69) is 46.1 Å². The lowest BCUT2D eigenvalue weighted by Gasteiger charge is -2.34. The van der Waals surface area contributed by atoms with Crippen LogP contribution in [0.2, 0.25) is 0 Å². The summed E-state index contributed by atoms with van der Waals surface area (Å²) in [5, 5.41) is 0. The summed E-state index contributed by atoms with van der Waals surface area (Å²) in [5.74, 6) is 1.82. The molecule has 0 aliphatic carbocycles. The van der Waals surface area contributed by atoms with Gasteiger partial charge in [0.1, 0.15) is 5.75 Å². The van der Waals surface area contributed by atoms with Gasteiger partial charge in [-0.3, -0.25) is 4.98 Å². The fourth-order valence-electron chi connectivity index (χ4n) is 3.89. The minimum atomic E-state index is 0.805. The second kappa shape index (κ2) is 9.70. The molecule has 1 fully saturated rings. The number of para-hydroxylation sites is 1. The maximum Gasteiger partial charge on any atom is 0.122 e. The van der Waals surface area contributed by atoms with Gasteiger partial charge in [-0.05, 0) is 68.6 Å². The van der Waals surface area contributed by atoms with Crippen LogP contribution < -0.4 is 4.74 Å². The number of likely N-dealkylation sites (tertiary alicyclic amines) is 1. The van der Waals surface area contributed by atoms with Crippen LogP contribution in [-0.2, 0) is 13.0 Å². The van der Waals surface area contributed by atoms with Gasteiger partial charge in [0.05, 0.1) is 7.11 Å². The van der Waals surface area contributed by atoms with Crippen LogP contribution in [-0.4, -0.2) is 55.1 Å². The number of pyridine rings is 1. The normalized spacial score (nSPS) is 16.1. The van der Waals surface area contributed by atoms with Crippen molar-refractivity contribution in [2.24, 2.45) is 5.92 Å². The third-order valence-corrected chi connectivity index (χ3v) is 5.34. The van der Waals surface area contributed by atoms with Gasteiger partial charge in [0, 0.05) is 32.0 Å². The SMILES string of the molecule is COc1ccccc1CCN1CCC(CN(C)Cc2cccnc2)CC1. The Labute approximate surface area is 157 Å². The van der Waals surface area contributed by atoms with Crippen LogP contribution >= 0.6 is 0 Å². The standard InChI is InChI=1S/C22H31N3O/c1-24(18-20-6-5-12-23-16-20)17-19-9-13-25(14-10-19)15-11-21-7-3-4-8-22(21)26-2/h3-8,12,16,19H,9-11,13-15,17-18H2,1-2H3. The molecule has 2 heterocycles. The predicted octanol–water partition coefficient (Wildman–Crippen LogP) is 3.48. The van der Waals surface area contributed by atoms with E-state index in [1.807, 2.05) is 24.5 Å². The second-order valence-corrected chi connectivity index (χ2v) is 7.40. The molecule has 2 aromatic rings. The summed E-state index contributed by atoms with van der Waals surface area (Å²) in [7, 11) is 3.98. The Hall–Kier alpha value is -1.91. The summed E-state index contributed by atoms with van der Waals surface area (Å²) in [6.45, 7) is 5.71. The molecule has 26 heavy (non-hydrogen) atoms. The van der Waals surface area contributed by atoms with E-state index in [-0.39, 0.29) is 0 Å². The molecule has 1 saturated heterocycles. The number of ether oxygens (including phenoxy) is 1. The lowest BCUT2D eigenvalue weighted by molar-refractivity contribution is 0.153. The first-order chi connectivity index (χ1) is 12.7. The van der Waals surface area contributed by atoms with Crippen LogP contribution in [0.4, 0.5) is 0 Å². The Kier molecular flexibility index (Phi) is 7.04. The summed E-state index contributed by atoms with van der Waals surface area (Å²) < 4.78 is 5.47. The Bertz CT molecular complexity index is 653. The summed E-state index contributed by atoms with van der Waals surface area (Å²) >= 11 is 0.